The van der Waals surface area contributed by atoms with Crippen molar-refractivity contribution in [3.63, 3.8) is 0 Å². The van der Waals surface area contributed by atoms with Crippen LogP contribution < -0.4 is 4.90 Å². The van der Waals surface area contributed by atoms with Crippen molar-refractivity contribution in [1.82, 2.24) is 9.97 Å². The summed E-state index contributed by atoms with van der Waals surface area (Å²) in [6, 6.07) is 9.56. The lowest BCUT2D eigenvalue weighted by Crippen LogP contribution is -2.48. The lowest BCUT2D eigenvalue weighted by Gasteiger charge is -2.30. The second-order valence-electron chi connectivity index (χ2n) is 7.25. The molecule has 1 saturated heterocycles. The topological polar surface area (TPSA) is 78.7 Å². The van der Waals surface area contributed by atoms with Gasteiger partial charge in [0.25, 0.3) is 0 Å². The average molecular weight is 358 g/mol. The van der Waals surface area contributed by atoms with Gasteiger partial charge >= 0.3 is 0 Å². The van der Waals surface area contributed by atoms with Gasteiger partial charge in [0, 0.05) is 35.8 Å². The first-order valence-electron chi connectivity index (χ1n) is 8.92. The number of amidine groups is 1. The fourth-order valence-corrected chi connectivity index (χ4v) is 3.89. The summed E-state index contributed by atoms with van der Waals surface area (Å²) in [6.45, 7) is 4.48. The summed E-state index contributed by atoms with van der Waals surface area (Å²) in [5.74, 6) is 0.136. The molecule has 0 amide bonds. The number of aryl methyl sites for hydroxylation is 2. The van der Waals surface area contributed by atoms with Crippen LogP contribution >= 0.6 is 0 Å². The van der Waals surface area contributed by atoms with Gasteiger partial charge in [0.05, 0.1) is 11.2 Å². The number of aromatic nitrogens is 2. The third-order valence-electron chi connectivity index (χ3n) is 5.58. The number of aliphatic hydroxyl groups is 1. The molecule has 3 heterocycles. The zero-order chi connectivity index (χ0) is 18.8. The maximum atomic E-state index is 13.1. The van der Waals surface area contributed by atoms with Crippen LogP contribution in [0, 0.1) is 13.8 Å². The zero-order valence-corrected chi connectivity index (χ0v) is 15.1. The molecule has 2 aliphatic heterocycles. The summed E-state index contributed by atoms with van der Waals surface area (Å²) >= 11 is 0. The van der Waals surface area contributed by atoms with Crippen LogP contribution in [-0.2, 0) is 0 Å². The van der Waals surface area contributed by atoms with Crippen molar-refractivity contribution in [2.45, 2.75) is 25.9 Å². The quantitative estimate of drug-likeness (QED) is 0.723. The van der Waals surface area contributed by atoms with Crippen LogP contribution in [0.4, 0.5) is 11.4 Å². The highest BCUT2D eigenvalue weighted by atomic mass is 16.3. The first kappa shape index (κ1) is 16.1. The summed E-state index contributed by atoms with van der Waals surface area (Å²) < 4.78 is 0. The molecule has 0 spiro atoms. The van der Waals surface area contributed by atoms with E-state index in [1.807, 2.05) is 49.1 Å². The fraction of sp³-hybridized carbons (Fsp3) is 0.238. The minimum absolute atomic E-state index is 0.266. The molecule has 134 valence electrons. The van der Waals surface area contributed by atoms with Gasteiger partial charge in [-0.2, -0.15) is 0 Å². The van der Waals surface area contributed by atoms with Crippen LogP contribution in [0.3, 0.4) is 0 Å². The number of fused-ring (bicyclic) bond motifs is 3. The minimum Gasteiger partial charge on any atom is -0.374 e. The summed E-state index contributed by atoms with van der Waals surface area (Å²) in [5, 5.41) is 12.1. The maximum absolute atomic E-state index is 13.1. The van der Waals surface area contributed by atoms with Crippen molar-refractivity contribution in [3.8, 4) is 0 Å². The highest BCUT2D eigenvalue weighted by Crippen LogP contribution is 2.40. The van der Waals surface area contributed by atoms with Crippen LogP contribution in [0.25, 0.3) is 10.9 Å². The number of hydrogen-bond donors (Lipinski definition) is 1. The van der Waals surface area contributed by atoms with Gasteiger partial charge in [-0.1, -0.05) is 0 Å². The van der Waals surface area contributed by atoms with E-state index in [2.05, 4.69) is 9.97 Å². The van der Waals surface area contributed by atoms with Crippen molar-refractivity contribution in [2.75, 3.05) is 11.4 Å². The predicted octanol–water partition coefficient (Wildman–Crippen LogP) is 3.11. The molecule has 0 saturated carbocycles. The number of nitrogens with zero attached hydrogens (tertiary/aromatic N) is 4. The average Bonchev–Trinajstić information content (AvgIpc) is 3.01. The highest BCUT2D eigenvalue weighted by Gasteiger charge is 2.52. The third kappa shape index (κ3) is 2.23. The predicted molar refractivity (Wildman–Crippen MR) is 104 cm³/mol. The van der Waals surface area contributed by atoms with E-state index in [0.717, 1.165) is 27.7 Å². The van der Waals surface area contributed by atoms with Crippen molar-refractivity contribution in [2.24, 2.45) is 4.99 Å². The van der Waals surface area contributed by atoms with Crippen LogP contribution in [-0.4, -0.2) is 38.8 Å². The fourth-order valence-electron chi connectivity index (χ4n) is 3.89. The number of aliphatic imine (C=N–C) groups is 1. The number of Topliss-reactive ketones (excluding diaryl/α,β-unsaturated/α-hetero) is 1. The van der Waals surface area contributed by atoms with Crippen molar-refractivity contribution in [3.05, 3.63) is 59.5 Å². The molecule has 1 aromatic heterocycles. The molecular weight excluding hydrogens is 340 g/mol. The van der Waals surface area contributed by atoms with Crippen LogP contribution in [0.15, 0.2) is 47.8 Å². The van der Waals surface area contributed by atoms with E-state index in [1.165, 1.54) is 6.33 Å². The van der Waals surface area contributed by atoms with Crippen molar-refractivity contribution >= 4 is 33.9 Å². The van der Waals surface area contributed by atoms with E-state index >= 15 is 0 Å². The van der Waals surface area contributed by atoms with Gasteiger partial charge in [-0.25, -0.2) is 15.0 Å². The molecule has 0 bridgehead atoms. The normalized spacial score (nSPS) is 21.2. The van der Waals surface area contributed by atoms with Crippen LogP contribution in [0.1, 0.15) is 27.9 Å². The smallest absolute Gasteiger partial charge is 0.204 e. The molecule has 1 atom stereocenters. The Hall–Kier alpha value is -3.12. The van der Waals surface area contributed by atoms with Crippen molar-refractivity contribution < 1.29 is 9.90 Å². The van der Waals surface area contributed by atoms with E-state index in [-0.39, 0.29) is 5.78 Å². The van der Waals surface area contributed by atoms with Gasteiger partial charge in [-0.3, -0.25) is 4.79 Å². The van der Waals surface area contributed by atoms with Gasteiger partial charge in [0.2, 0.25) is 5.78 Å². The Balaban J connectivity index is 1.67. The van der Waals surface area contributed by atoms with Crippen LogP contribution in [0.2, 0.25) is 0 Å². The Morgan fingerprint density at radius 3 is 2.81 bits per heavy atom. The molecule has 2 aromatic carbocycles. The Morgan fingerprint density at radius 2 is 1.96 bits per heavy atom. The Morgan fingerprint density at radius 1 is 1.15 bits per heavy atom. The number of ketones is 1. The molecule has 6 nitrogen and oxygen atoms in total. The van der Waals surface area contributed by atoms with E-state index in [1.54, 1.807) is 6.20 Å². The largest absolute Gasteiger partial charge is 0.374 e. The van der Waals surface area contributed by atoms with E-state index in [9.17, 15) is 9.90 Å². The SMILES string of the molecule is Cc1cc2c(cc1C)C(=O)C1(O)CCN(c3ccc4ncncc4c3)C1=N2. The Bertz CT molecular complexity index is 1150. The summed E-state index contributed by atoms with van der Waals surface area (Å²) in [6.07, 6.45) is 3.59. The van der Waals surface area contributed by atoms with Gasteiger partial charge < -0.3 is 10.0 Å². The lowest BCUT2D eigenvalue weighted by molar-refractivity contribution is 0.0602. The molecule has 0 radical (unpaired) electrons. The van der Waals surface area contributed by atoms with Gasteiger partial charge in [-0.15, -0.1) is 0 Å². The number of carbonyl (C=O) groups is 1. The van der Waals surface area contributed by atoms with Gasteiger partial charge in [-0.05, 0) is 55.3 Å². The molecule has 2 aliphatic rings. The monoisotopic (exact) mass is 358 g/mol. The Labute approximate surface area is 156 Å². The van der Waals surface area contributed by atoms with Gasteiger partial charge in [0.15, 0.2) is 5.60 Å². The molecule has 3 aromatic rings. The molecule has 0 aliphatic carbocycles. The molecule has 1 unspecified atom stereocenters. The molecular formula is C21H18N4O2. The first-order chi connectivity index (χ1) is 13.0. The summed E-state index contributed by atoms with van der Waals surface area (Å²) in [5.41, 5.74) is 3.36. The van der Waals surface area contributed by atoms with Crippen LogP contribution in [0.5, 0.6) is 0 Å². The van der Waals surface area contributed by atoms with Crippen molar-refractivity contribution in [1.29, 1.82) is 0 Å². The number of hydrogen-bond acceptors (Lipinski definition) is 6. The lowest BCUT2D eigenvalue weighted by atomic mass is 9.86. The third-order valence-corrected chi connectivity index (χ3v) is 5.58. The minimum atomic E-state index is -1.57. The summed E-state index contributed by atoms with van der Waals surface area (Å²) in [7, 11) is 0. The van der Waals surface area contributed by atoms with E-state index in [4.69, 9.17) is 4.99 Å². The van der Waals surface area contributed by atoms with Gasteiger partial charge in [0.1, 0.15) is 12.2 Å². The number of anilines is 1. The zero-order valence-electron chi connectivity index (χ0n) is 15.1. The molecule has 27 heavy (non-hydrogen) atoms. The standard InChI is InChI=1S/C21H18N4O2/c1-12-7-16-18(8-13(12)2)24-20-21(27,19(16)26)5-6-25(20)15-3-4-17-14(9-15)10-22-11-23-17/h3-4,7-11,27H,5-6H2,1-2H3. The number of benzene rings is 2. The molecule has 5 rings (SSSR count). The maximum Gasteiger partial charge on any atom is 0.204 e. The number of carbonyl (C=O) groups excluding carboxylic acids is 1. The number of rotatable bonds is 1. The molecule has 1 fully saturated rings. The highest BCUT2D eigenvalue weighted by molar-refractivity contribution is 6.28. The first-order valence-corrected chi connectivity index (χ1v) is 8.92. The molecule has 1 N–H and O–H groups in total. The van der Waals surface area contributed by atoms with E-state index in [0.29, 0.717) is 30.1 Å². The second kappa shape index (κ2) is 5.44. The summed E-state index contributed by atoms with van der Waals surface area (Å²) in [4.78, 5) is 28.0. The Kier molecular flexibility index (Phi) is 3.24. The second-order valence-corrected chi connectivity index (χ2v) is 7.25. The van der Waals surface area contributed by atoms with E-state index < -0.39 is 5.60 Å². The molecule has 6 heteroatoms.